The van der Waals surface area contributed by atoms with Crippen molar-refractivity contribution in [2.75, 3.05) is 25.1 Å². The van der Waals surface area contributed by atoms with Crippen LogP contribution >= 0.6 is 0 Å². The van der Waals surface area contributed by atoms with Crippen molar-refractivity contribution < 1.29 is 19.0 Å². The molecule has 0 bridgehead atoms. The minimum atomic E-state index is -1.08. The van der Waals surface area contributed by atoms with Gasteiger partial charge < -0.3 is 19.5 Å². The van der Waals surface area contributed by atoms with E-state index in [-0.39, 0.29) is 17.1 Å². The largest absolute Gasteiger partial charge is 0.494 e. The van der Waals surface area contributed by atoms with Gasteiger partial charge in [-0.25, -0.2) is 14.3 Å². The number of hydrogen-bond donors (Lipinski definition) is 1. The fourth-order valence-electron chi connectivity index (χ4n) is 3.68. The molecule has 206 valence electrons. The number of hydrogen-bond acceptors (Lipinski definition) is 8. The van der Waals surface area contributed by atoms with Gasteiger partial charge >= 0.3 is 11.7 Å². The van der Waals surface area contributed by atoms with Crippen molar-refractivity contribution >= 4 is 11.8 Å². The van der Waals surface area contributed by atoms with Crippen LogP contribution in [0.4, 0.5) is 5.82 Å². The Balaban J connectivity index is 1.77. The first-order valence-corrected chi connectivity index (χ1v) is 13.2. The summed E-state index contributed by atoms with van der Waals surface area (Å²) in [5.41, 5.74) is -1.84. The predicted octanol–water partition coefficient (Wildman–Crippen LogP) is 3.90. The maximum atomic E-state index is 12.7. The SMILES string of the molecule is CCCCCCCn1c(=O)c(NCCCCOc2ccc(OC(C)(C)C(=O)OCC)cc2)nn(C)c1=O. The van der Waals surface area contributed by atoms with Gasteiger partial charge in [-0.05, 0) is 64.3 Å². The molecule has 0 radical (unpaired) electrons. The van der Waals surface area contributed by atoms with Crippen LogP contribution in [-0.4, -0.2) is 45.7 Å². The Bertz CT molecular complexity index is 1090. The standard InChI is InChI=1S/C27H42N4O6/c1-6-8-9-10-12-19-31-24(32)23(29-30(5)26(31)34)28-18-11-13-20-36-21-14-16-22(17-15-21)37-27(3,4)25(33)35-7-2/h14-17H,6-13,18-20H2,1-5H3,(H,28,29). The third-order valence-corrected chi connectivity index (χ3v) is 5.79. The molecule has 1 N–H and O–H groups in total. The lowest BCUT2D eigenvalue weighted by molar-refractivity contribution is -0.158. The van der Waals surface area contributed by atoms with Crippen LogP contribution in [0.5, 0.6) is 11.5 Å². The zero-order valence-corrected chi connectivity index (χ0v) is 22.9. The van der Waals surface area contributed by atoms with E-state index in [0.717, 1.165) is 44.9 Å². The third kappa shape index (κ3) is 9.59. The second-order valence-electron chi connectivity index (χ2n) is 9.41. The molecule has 10 nitrogen and oxygen atoms in total. The second-order valence-corrected chi connectivity index (χ2v) is 9.41. The van der Waals surface area contributed by atoms with E-state index in [0.29, 0.717) is 37.8 Å². The van der Waals surface area contributed by atoms with E-state index in [1.54, 1.807) is 52.1 Å². The Hall–Kier alpha value is -3.30. The Labute approximate surface area is 218 Å². The number of benzene rings is 1. The van der Waals surface area contributed by atoms with Crippen molar-refractivity contribution in [1.29, 1.82) is 0 Å². The lowest BCUT2D eigenvalue weighted by Crippen LogP contribution is -2.41. The minimum absolute atomic E-state index is 0.193. The molecule has 0 saturated carbocycles. The highest BCUT2D eigenvalue weighted by Gasteiger charge is 2.31. The number of esters is 1. The van der Waals surface area contributed by atoms with E-state index >= 15 is 0 Å². The van der Waals surface area contributed by atoms with E-state index in [4.69, 9.17) is 14.2 Å². The number of carbonyl (C=O) groups excluding carboxylic acids is 1. The van der Waals surface area contributed by atoms with Crippen molar-refractivity contribution in [3.05, 3.63) is 45.1 Å². The van der Waals surface area contributed by atoms with Crippen molar-refractivity contribution in [3.63, 3.8) is 0 Å². The molecule has 0 aliphatic rings. The molecule has 0 aliphatic heterocycles. The zero-order chi connectivity index (χ0) is 27.3. The van der Waals surface area contributed by atoms with Gasteiger partial charge in [0.05, 0.1) is 13.2 Å². The summed E-state index contributed by atoms with van der Waals surface area (Å²) >= 11 is 0. The molecule has 37 heavy (non-hydrogen) atoms. The smallest absolute Gasteiger partial charge is 0.349 e. The Kier molecular flexibility index (Phi) is 12.2. The molecular weight excluding hydrogens is 476 g/mol. The van der Waals surface area contributed by atoms with Crippen molar-refractivity contribution in [1.82, 2.24) is 14.3 Å². The molecule has 1 aromatic carbocycles. The molecule has 0 saturated heterocycles. The number of aryl methyl sites for hydroxylation is 1. The van der Waals surface area contributed by atoms with Crippen LogP contribution in [0.1, 0.15) is 72.6 Å². The molecular formula is C27H42N4O6. The van der Waals surface area contributed by atoms with Crippen LogP contribution in [0.15, 0.2) is 33.9 Å². The number of nitrogens with zero attached hydrogens (tertiary/aromatic N) is 3. The minimum Gasteiger partial charge on any atom is -0.494 e. The molecule has 10 heteroatoms. The average Bonchev–Trinajstić information content (AvgIpc) is 2.86. The number of rotatable bonds is 17. The third-order valence-electron chi connectivity index (χ3n) is 5.79. The monoisotopic (exact) mass is 518 g/mol. The molecule has 1 heterocycles. The summed E-state index contributed by atoms with van der Waals surface area (Å²) in [6.45, 7) is 8.98. The number of carbonyl (C=O) groups is 1. The summed E-state index contributed by atoms with van der Waals surface area (Å²) in [6.07, 6.45) is 6.73. The molecule has 1 aromatic heterocycles. The summed E-state index contributed by atoms with van der Waals surface area (Å²) in [5, 5.41) is 7.16. The molecule has 2 aromatic rings. The average molecular weight is 519 g/mol. The molecule has 0 fully saturated rings. The van der Waals surface area contributed by atoms with E-state index in [1.165, 1.54) is 9.25 Å². The van der Waals surface area contributed by atoms with E-state index in [1.807, 2.05) is 0 Å². The van der Waals surface area contributed by atoms with Crippen molar-refractivity contribution in [2.45, 2.75) is 84.8 Å². The first-order chi connectivity index (χ1) is 17.7. The van der Waals surface area contributed by atoms with Crippen LogP contribution in [0.2, 0.25) is 0 Å². The van der Waals surface area contributed by atoms with Gasteiger partial charge in [-0.3, -0.25) is 9.36 Å². The summed E-state index contributed by atoms with van der Waals surface area (Å²) in [5.74, 6) is 1.01. The summed E-state index contributed by atoms with van der Waals surface area (Å²) in [4.78, 5) is 37.0. The highest BCUT2D eigenvalue weighted by Crippen LogP contribution is 2.23. The maximum Gasteiger partial charge on any atom is 0.349 e. The highest BCUT2D eigenvalue weighted by molar-refractivity contribution is 5.79. The van der Waals surface area contributed by atoms with Gasteiger partial charge in [0, 0.05) is 20.1 Å². The molecule has 2 rings (SSSR count). The van der Waals surface area contributed by atoms with Crippen LogP contribution < -0.4 is 26.0 Å². The van der Waals surface area contributed by atoms with Crippen LogP contribution in [0, 0.1) is 0 Å². The zero-order valence-electron chi connectivity index (χ0n) is 22.9. The number of ether oxygens (including phenoxy) is 3. The fourth-order valence-corrected chi connectivity index (χ4v) is 3.68. The number of nitrogens with one attached hydrogen (secondary N) is 1. The van der Waals surface area contributed by atoms with Gasteiger partial charge in [-0.1, -0.05) is 32.6 Å². The van der Waals surface area contributed by atoms with Crippen molar-refractivity contribution in [2.24, 2.45) is 7.05 Å². The second kappa shape index (κ2) is 15.1. The van der Waals surface area contributed by atoms with E-state index in [9.17, 15) is 14.4 Å². The lowest BCUT2D eigenvalue weighted by Gasteiger charge is -2.24. The lowest BCUT2D eigenvalue weighted by atomic mass is 10.1. The summed E-state index contributed by atoms with van der Waals surface area (Å²) in [6, 6.07) is 7.07. The normalized spacial score (nSPS) is 11.3. The van der Waals surface area contributed by atoms with Gasteiger partial charge in [0.15, 0.2) is 5.60 Å². The Morgan fingerprint density at radius 2 is 1.65 bits per heavy atom. The number of anilines is 1. The van der Waals surface area contributed by atoms with Gasteiger partial charge in [-0.2, -0.15) is 0 Å². The molecule has 0 aliphatic carbocycles. The van der Waals surface area contributed by atoms with E-state index < -0.39 is 11.6 Å². The van der Waals surface area contributed by atoms with Gasteiger partial charge in [0.1, 0.15) is 11.5 Å². The maximum absolute atomic E-state index is 12.7. The van der Waals surface area contributed by atoms with Gasteiger partial charge in [0.2, 0.25) is 5.82 Å². The Morgan fingerprint density at radius 3 is 2.32 bits per heavy atom. The molecule has 0 unspecified atom stereocenters. The summed E-state index contributed by atoms with van der Waals surface area (Å²) < 4.78 is 19.0. The quantitative estimate of drug-likeness (QED) is 0.248. The number of aromatic nitrogens is 3. The Morgan fingerprint density at radius 1 is 0.973 bits per heavy atom. The van der Waals surface area contributed by atoms with Crippen LogP contribution in [-0.2, 0) is 23.1 Å². The van der Waals surface area contributed by atoms with Gasteiger partial charge in [0.25, 0.3) is 5.56 Å². The number of unbranched alkanes of at least 4 members (excludes halogenated alkanes) is 5. The first kappa shape index (κ1) is 29.9. The molecule has 0 spiro atoms. The van der Waals surface area contributed by atoms with Crippen LogP contribution in [0.25, 0.3) is 0 Å². The molecule has 0 amide bonds. The highest BCUT2D eigenvalue weighted by atomic mass is 16.6. The molecule has 0 atom stereocenters. The fraction of sp³-hybridized carbons (Fsp3) is 0.630. The van der Waals surface area contributed by atoms with Gasteiger partial charge in [-0.15, -0.1) is 5.10 Å². The van der Waals surface area contributed by atoms with Crippen LogP contribution in [0.3, 0.4) is 0 Å². The van der Waals surface area contributed by atoms with Crippen molar-refractivity contribution in [3.8, 4) is 11.5 Å². The first-order valence-electron chi connectivity index (χ1n) is 13.2. The predicted molar refractivity (Wildman–Crippen MR) is 143 cm³/mol. The van der Waals surface area contributed by atoms with E-state index in [2.05, 4.69) is 17.3 Å². The summed E-state index contributed by atoms with van der Waals surface area (Å²) in [7, 11) is 1.56. The topological polar surface area (TPSA) is 114 Å².